The first kappa shape index (κ1) is 15.0. The zero-order valence-corrected chi connectivity index (χ0v) is 14.5. The molecule has 1 aliphatic heterocycles. The molecule has 0 spiro atoms. The van der Waals surface area contributed by atoms with E-state index in [9.17, 15) is 0 Å². The van der Waals surface area contributed by atoms with Crippen molar-refractivity contribution in [3.63, 3.8) is 0 Å². The lowest BCUT2D eigenvalue weighted by Crippen LogP contribution is -2.37. The van der Waals surface area contributed by atoms with Crippen LogP contribution < -0.4 is 10.2 Å². The Hall–Kier alpha value is -0.920. The molecule has 2 aromatic rings. The highest BCUT2D eigenvalue weighted by Crippen LogP contribution is 2.30. The maximum Gasteiger partial charge on any atom is 0.245 e. The van der Waals surface area contributed by atoms with Gasteiger partial charge in [-0.05, 0) is 59.9 Å². The Morgan fingerprint density at radius 2 is 2.24 bits per heavy atom. The van der Waals surface area contributed by atoms with Gasteiger partial charge in [0.05, 0.1) is 8.66 Å². The molecule has 0 aliphatic carbocycles. The van der Waals surface area contributed by atoms with Crippen molar-refractivity contribution in [2.75, 3.05) is 31.1 Å². The molecule has 7 heteroatoms. The van der Waals surface area contributed by atoms with Crippen LogP contribution in [-0.4, -0.2) is 41.4 Å². The molecule has 5 nitrogen and oxygen atoms in total. The molecule has 2 aromatic heterocycles. The highest BCUT2D eigenvalue weighted by atomic mass is 79.9. The Labute approximate surface area is 137 Å². The molecule has 0 aromatic carbocycles. The number of hydrogen-bond acceptors (Lipinski definition) is 5. The molecule has 0 unspecified atom stereocenters. The molecule has 1 saturated heterocycles. The van der Waals surface area contributed by atoms with Crippen molar-refractivity contribution in [2.45, 2.75) is 19.8 Å². The van der Waals surface area contributed by atoms with Crippen molar-refractivity contribution in [1.82, 2.24) is 20.5 Å². The summed E-state index contributed by atoms with van der Waals surface area (Å²) in [6, 6.07) is 4.09. The Morgan fingerprint density at radius 3 is 2.90 bits per heavy atom. The van der Waals surface area contributed by atoms with Gasteiger partial charge in [-0.3, -0.25) is 5.10 Å². The Morgan fingerprint density at radius 1 is 1.43 bits per heavy atom. The van der Waals surface area contributed by atoms with Crippen LogP contribution in [0.25, 0.3) is 10.7 Å². The average molecular weight is 370 g/mol. The number of halogens is 1. The summed E-state index contributed by atoms with van der Waals surface area (Å²) in [6.45, 7) is 6.43. The van der Waals surface area contributed by atoms with Crippen molar-refractivity contribution in [1.29, 1.82) is 0 Å². The predicted molar refractivity (Wildman–Crippen MR) is 90.9 cm³/mol. The first-order valence-corrected chi connectivity index (χ1v) is 9.01. The normalized spacial score (nSPS) is 16.6. The number of nitrogens with zero attached hydrogens (tertiary/aromatic N) is 3. The van der Waals surface area contributed by atoms with Gasteiger partial charge in [0.25, 0.3) is 0 Å². The lowest BCUT2D eigenvalue weighted by Gasteiger charge is -2.31. The Bertz CT molecular complexity index is 573. The van der Waals surface area contributed by atoms with Crippen LogP contribution in [0.1, 0.15) is 19.8 Å². The minimum Gasteiger partial charge on any atom is -0.340 e. The highest BCUT2D eigenvalue weighted by Gasteiger charge is 2.21. The summed E-state index contributed by atoms with van der Waals surface area (Å²) in [5, 5.41) is 10.9. The number of thiophene rings is 1. The van der Waals surface area contributed by atoms with Crippen LogP contribution in [-0.2, 0) is 0 Å². The maximum absolute atomic E-state index is 4.64. The van der Waals surface area contributed by atoms with Crippen LogP contribution in [0, 0.1) is 5.92 Å². The lowest BCUT2D eigenvalue weighted by atomic mass is 9.97. The smallest absolute Gasteiger partial charge is 0.245 e. The number of aromatic nitrogens is 3. The van der Waals surface area contributed by atoms with E-state index < -0.39 is 0 Å². The standard InChI is InChI=1S/C14H20BrN5S/c1-2-16-9-10-5-7-20(8-6-10)14-17-13(18-19-14)11-3-4-12(15)21-11/h3-4,10,16H,2,5-9H2,1H3,(H,17,18,19). The molecule has 21 heavy (non-hydrogen) atoms. The fraction of sp³-hybridized carbons (Fsp3) is 0.571. The first-order valence-electron chi connectivity index (χ1n) is 7.40. The quantitative estimate of drug-likeness (QED) is 0.849. The molecule has 0 amide bonds. The summed E-state index contributed by atoms with van der Waals surface area (Å²) in [4.78, 5) is 8.03. The van der Waals surface area contributed by atoms with E-state index in [1.54, 1.807) is 11.3 Å². The number of piperidine rings is 1. The minimum atomic E-state index is 0.785. The second-order valence-electron chi connectivity index (χ2n) is 5.33. The summed E-state index contributed by atoms with van der Waals surface area (Å²) in [5.41, 5.74) is 0. The van der Waals surface area contributed by atoms with Gasteiger partial charge in [0.15, 0.2) is 5.82 Å². The molecule has 3 heterocycles. The second-order valence-corrected chi connectivity index (χ2v) is 7.79. The summed E-state index contributed by atoms with van der Waals surface area (Å²) < 4.78 is 1.11. The monoisotopic (exact) mass is 369 g/mol. The number of rotatable bonds is 5. The van der Waals surface area contributed by atoms with E-state index in [2.05, 4.69) is 54.3 Å². The van der Waals surface area contributed by atoms with Crippen molar-refractivity contribution < 1.29 is 0 Å². The number of nitrogens with one attached hydrogen (secondary N) is 2. The molecule has 0 bridgehead atoms. The zero-order chi connectivity index (χ0) is 14.7. The van der Waals surface area contributed by atoms with Crippen LogP contribution in [0.3, 0.4) is 0 Å². The number of anilines is 1. The third-order valence-corrected chi connectivity index (χ3v) is 5.49. The molecular weight excluding hydrogens is 350 g/mol. The van der Waals surface area contributed by atoms with E-state index >= 15 is 0 Å². The maximum atomic E-state index is 4.64. The van der Waals surface area contributed by atoms with Crippen molar-refractivity contribution in [3.8, 4) is 10.7 Å². The van der Waals surface area contributed by atoms with Gasteiger partial charge in [0.2, 0.25) is 5.95 Å². The number of H-pyrrole nitrogens is 1. The third kappa shape index (κ3) is 3.64. The number of hydrogen-bond donors (Lipinski definition) is 2. The van der Waals surface area contributed by atoms with Gasteiger partial charge in [0.1, 0.15) is 0 Å². The van der Waals surface area contributed by atoms with Crippen molar-refractivity contribution in [3.05, 3.63) is 15.9 Å². The van der Waals surface area contributed by atoms with E-state index in [1.807, 2.05) is 6.07 Å². The van der Waals surface area contributed by atoms with Crippen molar-refractivity contribution >= 4 is 33.2 Å². The average Bonchev–Trinajstić information content (AvgIpc) is 3.14. The molecule has 2 N–H and O–H groups in total. The van der Waals surface area contributed by atoms with E-state index in [0.29, 0.717) is 0 Å². The van der Waals surface area contributed by atoms with Gasteiger partial charge in [0, 0.05) is 13.1 Å². The van der Waals surface area contributed by atoms with Gasteiger partial charge < -0.3 is 10.2 Å². The minimum absolute atomic E-state index is 0.785. The van der Waals surface area contributed by atoms with E-state index in [0.717, 1.165) is 52.5 Å². The van der Waals surface area contributed by atoms with Gasteiger partial charge in [-0.25, -0.2) is 0 Å². The van der Waals surface area contributed by atoms with Crippen molar-refractivity contribution in [2.24, 2.45) is 5.92 Å². The van der Waals surface area contributed by atoms with Crippen LogP contribution in [0.2, 0.25) is 0 Å². The molecular formula is C14H20BrN5S. The molecule has 0 radical (unpaired) electrons. The molecule has 0 saturated carbocycles. The molecule has 0 atom stereocenters. The summed E-state index contributed by atoms with van der Waals surface area (Å²) in [5.74, 6) is 2.47. The van der Waals surface area contributed by atoms with E-state index in [1.165, 1.54) is 12.8 Å². The first-order chi connectivity index (χ1) is 10.3. The van der Waals surface area contributed by atoms with Gasteiger partial charge in [-0.1, -0.05) is 6.92 Å². The van der Waals surface area contributed by atoms with Crippen LogP contribution >= 0.6 is 27.3 Å². The second kappa shape index (κ2) is 6.89. The summed E-state index contributed by atoms with van der Waals surface area (Å²) in [6.07, 6.45) is 2.42. The molecule has 1 aliphatic rings. The van der Waals surface area contributed by atoms with Crippen LogP contribution in [0.5, 0.6) is 0 Å². The fourth-order valence-corrected chi connectivity index (χ4v) is 3.96. The molecule has 1 fully saturated rings. The molecule has 3 rings (SSSR count). The summed E-state index contributed by atoms with van der Waals surface area (Å²) in [7, 11) is 0. The highest BCUT2D eigenvalue weighted by molar-refractivity contribution is 9.11. The topological polar surface area (TPSA) is 56.8 Å². The largest absolute Gasteiger partial charge is 0.340 e. The number of aromatic amines is 1. The molecule has 114 valence electrons. The third-order valence-electron chi connectivity index (χ3n) is 3.86. The zero-order valence-electron chi connectivity index (χ0n) is 12.1. The Balaban J connectivity index is 1.60. The SMILES string of the molecule is CCNCC1CCN(c2n[nH]c(-c3ccc(Br)s3)n2)CC1. The van der Waals surface area contributed by atoms with E-state index in [4.69, 9.17) is 0 Å². The van der Waals surface area contributed by atoms with Gasteiger partial charge in [-0.2, -0.15) is 4.98 Å². The Kier molecular flexibility index (Phi) is 4.92. The van der Waals surface area contributed by atoms with Crippen LogP contribution in [0.15, 0.2) is 15.9 Å². The predicted octanol–water partition coefficient (Wildman–Crippen LogP) is 3.12. The fourth-order valence-electron chi connectivity index (χ4n) is 2.63. The van der Waals surface area contributed by atoms with Gasteiger partial charge >= 0.3 is 0 Å². The summed E-state index contributed by atoms with van der Waals surface area (Å²) >= 11 is 5.15. The van der Waals surface area contributed by atoms with Crippen LogP contribution in [0.4, 0.5) is 5.95 Å². The van der Waals surface area contributed by atoms with E-state index in [-0.39, 0.29) is 0 Å². The van der Waals surface area contributed by atoms with Gasteiger partial charge in [-0.15, -0.1) is 16.4 Å². The lowest BCUT2D eigenvalue weighted by molar-refractivity contribution is 0.384.